The maximum atomic E-state index is 12.0. The first-order valence-electron chi connectivity index (χ1n) is 15.1. The molecule has 0 radical (unpaired) electrons. The summed E-state index contributed by atoms with van der Waals surface area (Å²) in [5.74, 6) is -1.20. The van der Waals surface area contributed by atoms with E-state index in [1.807, 2.05) is 18.2 Å². The first kappa shape index (κ1) is 49.2. The van der Waals surface area contributed by atoms with E-state index in [1.54, 1.807) is 50.9 Å². The molecule has 0 unspecified atom stereocenters. The molecular weight excluding hydrogens is 657 g/mol. The zero-order valence-corrected chi connectivity index (χ0v) is 31.7. The fourth-order valence-electron chi connectivity index (χ4n) is 4.01. The summed E-state index contributed by atoms with van der Waals surface area (Å²) in [6.45, 7) is 5.40. The molecular formula is C30H48B2ClKN4O9. The van der Waals surface area contributed by atoms with Crippen LogP contribution in [-0.2, 0) is 23.9 Å². The van der Waals surface area contributed by atoms with Crippen LogP contribution >= 0.6 is 12.4 Å². The average Bonchev–Trinajstić information content (AvgIpc) is 2.94. The summed E-state index contributed by atoms with van der Waals surface area (Å²) < 4.78 is 4.85. The van der Waals surface area contributed by atoms with Crippen LogP contribution in [0.5, 0.6) is 0 Å². The minimum Gasteiger partial charge on any atom is -0.870 e. The molecule has 0 bridgehead atoms. The zero-order chi connectivity index (χ0) is 32.7. The second-order valence-electron chi connectivity index (χ2n) is 10.1. The number of carbonyl (C=O) groups excluding carboxylic acids is 3. The van der Waals surface area contributed by atoms with Crippen LogP contribution in [-0.4, -0.2) is 65.1 Å². The Kier molecular flexibility index (Phi) is 31.4. The van der Waals surface area contributed by atoms with Crippen molar-refractivity contribution in [1.82, 2.24) is 0 Å². The molecule has 2 aromatic rings. The summed E-state index contributed by atoms with van der Waals surface area (Å²) in [4.78, 5) is 45.3. The summed E-state index contributed by atoms with van der Waals surface area (Å²) in [5.41, 5.74) is 2.60. The first-order chi connectivity index (χ1) is 21.0. The molecule has 256 valence electrons. The van der Waals surface area contributed by atoms with Crippen molar-refractivity contribution in [2.75, 3.05) is 27.7 Å². The molecule has 47 heavy (non-hydrogen) atoms. The third kappa shape index (κ3) is 25.5. The summed E-state index contributed by atoms with van der Waals surface area (Å²) in [6.07, 6.45) is 5.50. The number of benzene rings is 2. The molecule has 0 fully saturated rings. The number of esters is 1. The van der Waals surface area contributed by atoms with Crippen molar-refractivity contribution in [2.24, 2.45) is 0 Å². The van der Waals surface area contributed by atoms with E-state index in [0.717, 1.165) is 19.3 Å². The van der Waals surface area contributed by atoms with Crippen LogP contribution in [0.15, 0.2) is 48.5 Å². The van der Waals surface area contributed by atoms with Crippen molar-refractivity contribution < 1.29 is 95.9 Å². The zero-order valence-electron chi connectivity index (χ0n) is 27.8. The van der Waals surface area contributed by atoms with Gasteiger partial charge in [0.2, 0.25) is 11.8 Å². The largest absolute Gasteiger partial charge is 1.00 e. The van der Waals surface area contributed by atoms with E-state index in [2.05, 4.69) is 21.1 Å². The van der Waals surface area contributed by atoms with E-state index in [-0.39, 0.29) is 93.5 Å². The van der Waals surface area contributed by atoms with Gasteiger partial charge in [0.1, 0.15) is 0 Å². The Morgan fingerprint density at radius 2 is 1.02 bits per heavy atom. The number of para-hydroxylation sites is 4. The predicted molar refractivity (Wildman–Crippen MR) is 185 cm³/mol. The molecule has 0 aliphatic rings. The second kappa shape index (κ2) is 30.0. The molecule has 8 N–H and O–H groups in total. The number of ether oxygens (including phenoxy) is 1. The number of halogens is 1. The maximum Gasteiger partial charge on any atom is 1.00 e. The summed E-state index contributed by atoms with van der Waals surface area (Å²) >= 11 is 0. The van der Waals surface area contributed by atoms with E-state index in [9.17, 15) is 29.2 Å². The number of carboxylic acids is 1. The Balaban J connectivity index is -0.000000777. The van der Waals surface area contributed by atoms with Gasteiger partial charge < -0.3 is 46.5 Å². The van der Waals surface area contributed by atoms with Gasteiger partial charge in [0.25, 0.3) is 0 Å². The number of amides is 2. The quantitative estimate of drug-likeness (QED) is 0.0638. The van der Waals surface area contributed by atoms with Crippen molar-refractivity contribution in [2.45, 2.75) is 84.8 Å². The SMILES string of the molecule is CB(O)Nc1ccccc1NC(=O)CCCCCC(=O)O.CCOC(=O)CCCCCC(=O)Nc1ccccc1NB(C)O.Cl.[K+].[OH-]. The van der Waals surface area contributed by atoms with Crippen molar-refractivity contribution in [3.63, 3.8) is 0 Å². The number of carbonyl (C=O) groups is 4. The Morgan fingerprint density at radius 3 is 1.38 bits per heavy atom. The van der Waals surface area contributed by atoms with Crippen molar-refractivity contribution in [1.29, 1.82) is 0 Å². The Bertz CT molecular complexity index is 1180. The molecule has 2 amide bonds. The number of nitrogens with one attached hydrogen (secondary N) is 4. The average molecular weight is 705 g/mol. The predicted octanol–water partition coefficient (Wildman–Crippen LogP) is 2.09. The monoisotopic (exact) mass is 704 g/mol. The van der Waals surface area contributed by atoms with Crippen LogP contribution in [0, 0.1) is 0 Å². The van der Waals surface area contributed by atoms with Crippen molar-refractivity contribution in [3.05, 3.63) is 48.5 Å². The van der Waals surface area contributed by atoms with Crippen LogP contribution in [0.2, 0.25) is 13.6 Å². The molecule has 17 heteroatoms. The van der Waals surface area contributed by atoms with Gasteiger partial charge in [0.05, 0.1) is 18.0 Å². The third-order valence-corrected chi connectivity index (χ3v) is 6.02. The molecule has 0 saturated heterocycles. The normalized spacial score (nSPS) is 9.38. The molecule has 2 rings (SSSR count). The van der Waals surface area contributed by atoms with E-state index in [0.29, 0.717) is 67.9 Å². The van der Waals surface area contributed by atoms with E-state index in [4.69, 9.17) is 9.84 Å². The van der Waals surface area contributed by atoms with Gasteiger partial charge >= 0.3 is 77.4 Å². The van der Waals surface area contributed by atoms with Crippen LogP contribution < -0.4 is 72.5 Å². The van der Waals surface area contributed by atoms with Crippen molar-refractivity contribution in [3.8, 4) is 0 Å². The van der Waals surface area contributed by atoms with Crippen LogP contribution in [0.4, 0.5) is 22.7 Å². The Hall–Kier alpha value is -2.14. The molecule has 13 nitrogen and oxygen atoms in total. The number of aliphatic carboxylic acids is 1. The fourth-order valence-corrected chi connectivity index (χ4v) is 4.01. The minimum absolute atomic E-state index is 0. The van der Waals surface area contributed by atoms with Gasteiger partial charge in [0.15, 0.2) is 0 Å². The van der Waals surface area contributed by atoms with Gasteiger partial charge in [-0.05, 0) is 70.5 Å². The van der Waals surface area contributed by atoms with Gasteiger partial charge in [-0.1, -0.05) is 37.1 Å². The number of hydrogen-bond acceptors (Lipinski definition) is 10. The smallest absolute Gasteiger partial charge is 0.870 e. The number of carboxylic acid groups (broad SMARTS) is 1. The maximum absolute atomic E-state index is 12.0. The van der Waals surface area contributed by atoms with Crippen LogP contribution in [0.25, 0.3) is 0 Å². The molecule has 0 saturated carbocycles. The number of hydrogen-bond donors (Lipinski definition) is 7. The fraction of sp³-hybridized carbons (Fsp3) is 0.467. The third-order valence-electron chi connectivity index (χ3n) is 6.02. The topological polar surface area (TPSA) is 216 Å². The Labute approximate surface area is 327 Å². The molecule has 0 aliphatic carbocycles. The minimum atomic E-state index is -0.808. The van der Waals surface area contributed by atoms with Crippen molar-refractivity contribution >= 4 is 73.0 Å². The number of unbranched alkanes of at least 4 members (excludes halogenated alkanes) is 4. The van der Waals surface area contributed by atoms with Gasteiger partial charge in [-0.3, -0.25) is 19.2 Å². The molecule has 2 aromatic carbocycles. The number of anilines is 4. The summed E-state index contributed by atoms with van der Waals surface area (Å²) in [5, 5.41) is 38.6. The molecule has 0 aliphatic heterocycles. The second-order valence-corrected chi connectivity index (χ2v) is 10.1. The molecule has 0 spiro atoms. The molecule has 0 aromatic heterocycles. The van der Waals surface area contributed by atoms with Crippen LogP contribution in [0.3, 0.4) is 0 Å². The van der Waals surface area contributed by atoms with Gasteiger partial charge in [-0.2, -0.15) is 0 Å². The van der Waals surface area contributed by atoms with E-state index in [1.165, 1.54) is 0 Å². The Morgan fingerprint density at radius 1 is 0.660 bits per heavy atom. The van der Waals surface area contributed by atoms with E-state index < -0.39 is 20.1 Å². The summed E-state index contributed by atoms with van der Waals surface area (Å²) in [7, 11) is -1.41. The molecule has 0 atom stereocenters. The van der Waals surface area contributed by atoms with Gasteiger partial charge in [-0.25, -0.2) is 0 Å². The molecule has 0 heterocycles. The first-order valence-corrected chi connectivity index (χ1v) is 15.1. The van der Waals surface area contributed by atoms with Gasteiger partial charge in [-0.15, -0.1) is 12.4 Å². The van der Waals surface area contributed by atoms with Gasteiger partial charge in [0, 0.05) is 37.1 Å². The van der Waals surface area contributed by atoms with E-state index >= 15 is 0 Å². The van der Waals surface area contributed by atoms with Crippen LogP contribution in [0.1, 0.15) is 71.1 Å². The summed E-state index contributed by atoms with van der Waals surface area (Å²) in [6, 6.07) is 14.4. The standard InChI is InChI=1S/C16H25BN2O4.C14H21BN2O4.ClH.K.H2O/c1-3-23-16(21)12-6-4-5-11-15(20)18-13-9-7-8-10-14(13)19-17(2)22;1-15(21)17-12-8-6-5-7-11(12)16-13(18)9-3-2-4-10-14(19)20;;;/h7-10,19,22H,3-6,11-12H2,1-2H3,(H,18,20);5-8,17,21H,2-4,9-10H2,1H3,(H,16,18)(H,19,20);1H;;1H2/q;;;+1;/p-1. The number of rotatable bonds is 19.